The number of thiophene rings is 1. The number of furan rings is 1. The maximum atomic E-state index is 6.75. The van der Waals surface area contributed by atoms with Crippen molar-refractivity contribution in [2.75, 3.05) is 4.90 Å². The van der Waals surface area contributed by atoms with Crippen molar-refractivity contribution in [2.45, 2.75) is 26.2 Å². The summed E-state index contributed by atoms with van der Waals surface area (Å²) in [7, 11) is 0. The molecule has 0 N–H and O–H groups in total. The van der Waals surface area contributed by atoms with Gasteiger partial charge in [-0.3, -0.25) is 0 Å². The van der Waals surface area contributed by atoms with Crippen LogP contribution in [0.15, 0.2) is 162 Å². The molecule has 5 heteroatoms. The van der Waals surface area contributed by atoms with Gasteiger partial charge < -0.3 is 13.8 Å². The second kappa shape index (κ2) is 11.1. The van der Waals surface area contributed by atoms with Gasteiger partial charge in [0.05, 0.1) is 21.6 Å². The number of benzene rings is 8. The van der Waals surface area contributed by atoms with Crippen molar-refractivity contribution in [1.29, 1.82) is 0 Å². The molecule has 0 spiro atoms. The Morgan fingerprint density at radius 1 is 0.544 bits per heavy atom. The maximum Gasteiger partial charge on any atom is 0.333 e. The van der Waals surface area contributed by atoms with Crippen molar-refractivity contribution in [2.24, 2.45) is 0 Å². The van der Waals surface area contributed by atoms with Crippen molar-refractivity contribution in [3.8, 4) is 22.3 Å². The Labute approximate surface area is 334 Å². The average molecular weight is 747 g/mol. The van der Waals surface area contributed by atoms with Gasteiger partial charge >= 0.3 is 6.85 Å². The lowest BCUT2D eigenvalue weighted by Crippen LogP contribution is -2.57. The molecule has 2 aliphatic heterocycles. The predicted molar refractivity (Wildman–Crippen MR) is 244 cm³/mol. The van der Waals surface area contributed by atoms with Crippen LogP contribution in [0.3, 0.4) is 0 Å². The Balaban J connectivity index is 1.27. The molecule has 11 aromatic rings. The van der Waals surface area contributed by atoms with E-state index in [1.54, 1.807) is 0 Å². The quantitative estimate of drug-likeness (QED) is 0.164. The SMILES string of the molecule is CC(C)(C)c1ccc(N2c3ccc4oc5ccccc5c4c3B3c4c(cc5ccccc5c42)-c2cccc4c5sc6ccccc6c5n3c24)c(-c2ccccc2)c1. The summed E-state index contributed by atoms with van der Waals surface area (Å²) in [6.07, 6.45) is 0. The predicted octanol–water partition coefficient (Wildman–Crippen LogP) is 13.4. The van der Waals surface area contributed by atoms with Crippen molar-refractivity contribution in [1.82, 2.24) is 4.48 Å². The molecular weight excluding hydrogens is 711 g/mol. The second-order valence-corrected chi connectivity index (χ2v) is 17.9. The van der Waals surface area contributed by atoms with Gasteiger partial charge in [-0.05, 0) is 80.9 Å². The third-order valence-corrected chi connectivity index (χ3v) is 13.9. The lowest BCUT2D eigenvalue weighted by atomic mass is 9.44. The standard InChI is InChI=1S/C52H35BN2OS/c1-52(2,3)32-24-25-40(38(29-32)30-14-5-4-6-15-30)54-41-26-27-43-45(35-18-9-11-22-42(35)56-43)47(41)53-46-39(28-31-16-7-8-17-33(31)49(46)54)34-20-13-21-37-48(34)55(53)50-36-19-10-12-23-44(36)57-51(37)50/h4-29H,1-3H3. The highest BCUT2D eigenvalue weighted by Gasteiger charge is 2.46. The number of hydrogen-bond acceptors (Lipinski definition) is 3. The van der Waals surface area contributed by atoms with E-state index < -0.39 is 0 Å². The summed E-state index contributed by atoms with van der Waals surface area (Å²) in [6, 6.07) is 58.7. The van der Waals surface area contributed by atoms with E-state index in [1.807, 2.05) is 11.3 Å². The van der Waals surface area contributed by atoms with Crippen LogP contribution in [-0.4, -0.2) is 11.3 Å². The van der Waals surface area contributed by atoms with E-state index in [0.717, 1.165) is 16.6 Å². The minimum absolute atomic E-state index is 0.0222. The van der Waals surface area contributed by atoms with Crippen molar-refractivity contribution < 1.29 is 4.42 Å². The molecule has 268 valence electrons. The average Bonchev–Trinajstić information content (AvgIpc) is 3.92. The van der Waals surface area contributed by atoms with Gasteiger partial charge in [0.15, 0.2) is 0 Å². The Bertz CT molecular complexity index is 3530. The van der Waals surface area contributed by atoms with Crippen LogP contribution in [0.4, 0.5) is 17.1 Å². The Kier molecular flexibility index (Phi) is 6.14. The highest BCUT2D eigenvalue weighted by molar-refractivity contribution is 7.27. The van der Waals surface area contributed by atoms with Crippen LogP contribution in [0.25, 0.3) is 86.2 Å². The van der Waals surface area contributed by atoms with Crippen LogP contribution >= 0.6 is 11.3 Å². The lowest BCUT2D eigenvalue weighted by Gasteiger charge is -2.42. The summed E-state index contributed by atoms with van der Waals surface area (Å²) in [5.41, 5.74) is 17.0. The first kappa shape index (κ1) is 31.6. The highest BCUT2D eigenvalue weighted by Crippen LogP contribution is 2.52. The van der Waals surface area contributed by atoms with E-state index in [-0.39, 0.29) is 12.3 Å². The maximum absolute atomic E-state index is 6.75. The smallest absolute Gasteiger partial charge is 0.333 e. The van der Waals surface area contributed by atoms with E-state index >= 15 is 0 Å². The summed E-state index contributed by atoms with van der Waals surface area (Å²) >= 11 is 1.92. The fourth-order valence-corrected chi connectivity index (χ4v) is 11.5. The van der Waals surface area contributed by atoms with Crippen molar-refractivity contribution in [3.05, 3.63) is 163 Å². The van der Waals surface area contributed by atoms with Crippen molar-refractivity contribution in [3.63, 3.8) is 0 Å². The third-order valence-electron chi connectivity index (χ3n) is 12.7. The second-order valence-electron chi connectivity index (χ2n) is 16.8. The fraction of sp³-hybridized carbons (Fsp3) is 0.0769. The normalized spacial score (nSPS) is 13.5. The molecule has 3 nitrogen and oxygen atoms in total. The molecule has 13 rings (SSSR count). The van der Waals surface area contributed by atoms with Gasteiger partial charge in [0.2, 0.25) is 0 Å². The molecule has 8 aromatic carbocycles. The van der Waals surface area contributed by atoms with Crippen LogP contribution in [0.5, 0.6) is 0 Å². The van der Waals surface area contributed by atoms with Crippen LogP contribution in [0.2, 0.25) is 0 Å². The number of aromatic nitrogens is 1. The monoisotopic (exact) mass is 746 g/mol. The van der Waals surface area contributed by atoms with Gasteiger partial charge in [-0.1, -0.05) is 136 Å². The van der Waals surface area contributed by atoms with Gasteiger partial charge in [0.1, 0.15) is 11.2 Å². The van der Waals surface area contributed by atoms with E-state index in [1.165, 1.54) is 103 Å². The lowest BCUT2D eigenvalue weighted by molar-refractivity contribution is 0.590. The molecule has 0 amide bonds. The summed E-state index contributed by atoms with van der Waals surface area (Å²) in [5, 5.41) is 7.45. The van der Waals surface area contributed by atoms with Crippen LogP contribution < -0.4 is 15.8 Å². The van der Waals surface area contributed by atoms with E-state index in [0.29, 0.717) is 0 Å². The number of fused-ring (bicyclic) bond motifs is 15. The van der Waals surface area contributed by atoms with Gasteiger partial charge in [-0.2, -0.15) is 0 Å². The van der Waals surface area contributed by atoms with Crippen LogP contribution in [0.1, 0.15) is 26.3 Å². The minimum atomic E-state index is -0.113. The Hall–Kier alpha value is -6.56. The molecule has 3 aromatic heterocycles. The summed E-state index contributed by atoms with van der Waals surface area (Å²) < 4.78 is 12.1. The zero-order valence-corrected chi connectivity index (χ0v) is 32.6. The van der Waals surface area contributed by atoms with E-state index in [9.17, 15) is 0 Å². The van der Waals surface area contributed by atoms with E-state index in [2.05, 4.69) is 188 Å². The number of nitrogens with zero attached hydrogens (tertiary/aromatic N) is 2. The van der Waals surface area contributed by atoms with Gasteiger partial charge in [-0.25, -0.2) is 0 Å². The number of para-hydroxylation sites is 2. The molecular formula is C52H35BN2OS. The van der Waals surface area contributed by atoms with Crippen LogP contribution in [-0.2, 0) is 5.41 Å². The van der Waals surface area contributed by atoms with Gasteiger partial charge in [0, 0.05) is 54.0 Å². The number of hydrogen-bond donors (Lipinski definition) is 0. The van der Waals surface area contributed by atoms with Crippen molar-refractivity contribution >= 4 is 110 Å². The Morgan fingerprint density at radius 3 is 2.14 bits per heavy atom. The molecule has 0 atom stereocenters. The first-order chi connectivity index (χ1) is 27.9. The third kappa shape index (κ3) is 4.12. The molecule has 0 aliphatic carbocycles. The zero-order chi connectivity index (χ0) is 37.7. The molecule has 57 heavy (non-hydrogen) atoms. The summed E-state index contributed by atoms with van der Waals surface area (Å²) in [6.45, 7) is 6.81. The Morgan fingerprint density at radius 2 is 1.28 bits per heavy atom. The fourth-order valence-electron chi connectivity index (χ4n) is 10.2. The van der Waals surface area contributed by atoms with Gasteiger partial charge in [-0.15, -0.1) is 11.3 Å². The summed E-state index contributed by atoms with van der Waals surface area (Å²) in [4.78, 5) is 2.61. The van der Waals surface area contributed by atoms with Crippen LogP contribution in [0, 0.1) is 0 Å². The largest absolute Gasteiger partial charge is 0.456 e. The summed E-state index contributed by atoms with van der Waals surface area (Å²) in [5.74, 6) is 0. The molecule has 0 saturated carbocycles. The minimum Gasteiger partial charge on any atom is -0.456 e. The molecule has 0 bridgehead atoms. The molecule has 0 fully saturated rings. The van der Waals surface area contributed by atoms with E-state index in [4.69, 9.17) is 4.42 Å². The molecule has 0 saturated heterocycles. The number of anilines is 3. The van der Waals surface area contributed by atoms with Gasteiger partial charge in [0.25, 0.3) is 0 Å². The molecule has 2 aliphatic rings. The zero-order valence-electron chi connectivity index (χ0n) is 31.8. The topological polar surface area (TPSA) is 21.3 Å². The molecule has 0 radical (unpaired) electrons. The first-order valence-corrected chi connectivity index (χ1v) is 20.7. The first-order valence-electron chi connectivity index (χ1n) is 19.9. The molecule has 0 unspecified atom stereocenters. The number of rotatable bonds is 2. The highest BCUT2D eigenvalue weighted by atomic mass is 32.1. The molecule has 5 heterocycles.